The predicted octanol–water partition coefficient (Wildman–Crippen LogP) is 5.37. The number of rotatable bonds is 8. The Labute approximate surface area is 190 Å². The van der Waals surface area contributed by atoms with Crippen molar-refractivity contribution in [2.24, 2.45) is 0 Å². The van der Waals surface area contributed by atoms with Crippen molar-refractivity contribution in [3.05, 3.63) is 58.0 Å². The lowest BCUT2D eigenvalue weighted by molar-refractivity contribution is -0.113. The molecular weight excluding hydrogens is 428 g/mol. The maximum atomic E-state index is 12.6. The van der Waals surface area contributed by atoms with Gasteiger partial charge >= 0.3 is 0 Å². The van der Waals surface area contributed by atoms with Crippen molar-refractivity contribution in [2.75, 3.05) is 11.1 Å². The number of ketones is 1. The summed E-state index contributed by atoms with van der Waals surface area (Å²) in [5, 5.41) is 14.7. The highest BCUT2D eigenvalue weighted by Gasteiger charge is 2.24. The topological polar surface area (TPSA) is 76.9 Å². The molecule has 0 aliphatic heterocycles. The lowest BCUT2D eigenvalue weighted by Gasteiger charge is -2.25. The fourth-order valence-electron chi connectivity index (χ4n) is 4.02. The summed E-state index contributed by atoms with van der Waals surface area (Å²) in [6.07, 6.45) is 6.73. The number of nitrogens with one attached hydrogen (secondary N) is 1. The number of thiophene rings is 1. The van der Waals surface area contributed by atoms with E-state index in [0.29, 0.717) is 17.3 Å². The fraction of sp³-hybridized carbons (Fsp3) is 0.391. The van der Waals surface area contributed by atoms with E-state index in [1.54, 1.807) is 29.5 Å². The Kier molecular flexibility index (Phi) is 7.19. The van der Waals surface area contributed by atoms with Gasteiger partial charge < -0.3 is 9.88 Å². The minimum atomic E-state index is -0.156. The third-order valence-corrected chi connectivity index (χ3v) is 7.32. The van der Waals surface area contributed by atoms with Crippen LogP contribution in [0.4, 0.5) is 5.69 Å². The molecule has 1 aliphatic rings. The Morgan fingerprint density at radius 1 is 1.13 bits per heavy atom. The van der Waals surface area contributed by atoms with Crippen LogP contribution in [-0.4, -0.2) is 32.2 Å². The summed E-state index contributed by atoms with van der Waals surface area (Å²) in [7, 11) is 0. The molecule has 0 saturated heterocycles. The number of benzene rings is 1. The van der Waals surface area contributed by atoms with E-state index in [0.717, 1.165) is 30.2 Å². The molecule has 3 aromatic rings. The first-order valence-corrected chi connectivity index (χ1v) is 12.5. The zero-order valence-corrected chi connectivity index (χ0v) is 19.2. The van der Waals surface area contributed by atoms with Crippen molar-refractivity contribution in [3.8, 4) is 0 Å². The zero-order valence-electron chi connectivity index (χ0n) is 17.5. The van der Waals surface area contributed by atoms with Crippen molar-refractivity contribution >= 4 is 40.5 Å². The van der Waals surface area contributed by atoms with Crippen LogP contribution in [0.5, 0.6) is 0 Å². The van der Waals surface area contributed by atoms with Gasteiger partial charge in [0.1, 0.15) is 5.82 Å². The minimum absolute atomic E-state index is 0.0705. The highest BCUT2D eigenvalue weighted by molar-refractivity contribution is 7.99. The van der Waals surface area contributed by atoms with Gasteiger partial charge in [0.15, 0.2) is 10.9 Å². The monoisotopic (exact) mass is 454 g/mol. The summed E-state index contributed by atoms with van der Waals surface area (Å²) >= 11 is 3.14. The first-order valence-electron chi connectivity index (χ1n) is 10.6. The summed E-state index contributed by atoms with van der Waals surface area (Å²) in [5.74, 6) is 0.963. The van der Waals surface area contributed by atoms with Crippen LogP contribution < -0.4 is 5.32 Å². The largest absolute Gasteiger partial charge is 0.325 e. The van der Waals surface area contributed by atoms with Gasteiger partial charge in [0.05, 0.1) is 11.4 Å². The maximum absolute atomic E-state index is 12.6. The molecule has 162 valence electrons. The van der Waals surface area contributed by atoms with E-state index in [1.807, 2.05) is 6.07 Å². The molecule has 1 aromatic carbocycles. The van der Waals surface area contributed by atoms with Crippen LogP contribution in [0.15, 0.2) is 46.9 Å². The SMILES string of the molecule is CC(=O)c1ccccc1NC(=O)CSc1nnc(Cc2cccs2)n1C1CCCCC1. The average molecular weight is 455 g/mol. The lowest BCUT2D eigenvalue weighted by Crippen LogP contribution is -2.19. The van der Waals surface area contributed by atoms with Crippen LogP contribution in [0.25, 0.3) is 0 Å². The molecule has 4 rings (SSSR count). The molecule has 0 radical (unpaired) electrons. The van der Waals surface area contributed by atoms with E-state index in [4.69, 9.17) is 0 Å². The predicted molar refractivity (Wildman–Crippen MR) is 125 cm³/mol. The van der Waals surface area contributed by atoms with Crippen molar-refractivity contribution in [2.45, 2.75) is 56.6 Å². The molecule has 31 heavy (non-hydrogen) atoms. The number of amides is 1. The van der Waals surface area contributed by atoms with Crippen molar-refractivity contribution in [3.63, 3.8) is 0 Å². The summed E-state index contributed by atoms with van der Waals surface area (Å²) < 4.78 is 2.26. The van der Waals surface area contributed by atoms with Crippen LogP contribution in [0.2, 0.25) is 0 Å². The molecule has 1 saturated carbocycles. The second-order valence-corrected chi connectivity index (χ2v) is 9.73. The number of carbonyl (C=O) groups is 2. The number of aromatic nitrogens is 3. The standard InChI is InChI=1S/C23H26N4O2S2/c1-16(28)19-11-5-6-12-20(19)24-22(29)15-31-23-26-25-21(14-18-10-7-13-30-18)27(23)17-8-3-2-4-9-17/h5-7,10-13,17H,2-4,8-9,14-15H2,1H3,(H,24,29). The molecule has 2 aromatic heterocycles. The number of hydrogen-bond acceptors (Lipinski definition) is 6. The molecule has 1 N–H and O–H groups in total. The second-order valence-electron chi connectivity index (χ2n) is 7.76. The van der Waals surface area contributed by atoms with Crippen molar-refractivity contribution in [1.29, 1.82) is 0 Å². The number of carbonyl (C=O) groups excluding carboxylic acids is 2. The van der Waals surface area contributed by atoms with Gasteiger partial charge in [-0.2, -0.15) is 0 Å². The fourth-order valence-corrected chi connectivity index (χ4v) is 5.54. The highest BCUT2D eigenvalue weighted by atomic mass is 32.2. The van der Waals surface area contributed by atoms with Gasteiger partial charge in [0.2, 0.25) is 5.91 Å². The molecule has 0 unspecified atom stereocenters. The Morgan fingerprint density at radius 3 is 2.68 bits per heavy atom. The molecule has 0 bridgehead atoms. The van der Waals surface area contributed by atoms with Crippen molar-refractivity contribution in [1.82, 2.24) is 14.8 Å². The van der Waals surface area contributed by atoms with Crippen LogP contribution in [0, 0.1) is 0 Å². The van der Waals surface area contributed by atoms with Gasteiger partial charge in [-0.25, -0.2) is 0 Å². The zero-order chi connectivity index (χ0) is 21.6. The molecule has 0 atom stereocenters. The van der Waals surface area contributed by atoms with Gasteiger partial charge in [-0.1, -0.05) is 49.2 Å². The normalized spacial score (nSPS) is 14.5. The van der Waals surface area contributed by atoms with E-state index in [2.05, 4.69) is 37.6 Å². The van der Waals surface area contributed by atoms with Gasteiger partial charge in [-0.05, 0) is 43.3 Å². The number of thioether (sulfide) groups is 1. The molecule has 0 spiro atoms. The average Bonchev–Trinajstić information content (AvgIpc) is 3.43. The minimum Gasteiger partial charge on any atom is -0.325 e. The molecule has 1 aliphatic carbocycles. The number of para-hydroxylation sites is 1. The smallest absolute Gasteiger partial charge is 0.234 e. The summed E-state index contributed by atoms with van der Waals surface area (Å²) in [6.45, 7) is 1.50. The van der Waals surface area contributed by atoms with Crippen LogP contribution >= 0.6 is 23.1 Å². The molecule has 1 fully saturated rings. The van der Waals surface area contributed by atoms with Gasteiger partial charge in [0.25, 0.3) is 0 Å². The molecule has 1 amide bonds. The van der Waals surface area contributed by atoms with E-state index < -0.39 is 0 Å². The van der Waals surface area contributed by atoms with E-state index in [9.17, 15) is 9.59 Å². The Bertz CT molecular complexity index is 1040. The molecule has 8 heteroatoms. The first-order chi connectivity index (χ1) is 15.1. The Balaban J connectivity index is 1.48. The number of Topliss-reactive ketones (excluding diaryl/α,β-unsaturated/α-hetero) is 1. The summed E-state index contributed by atoms with van der Waals surface area (Å²) in [4.78, 5) is 25.7. The van der Waals surface area contributed by atoms with Crippen LogP contribution in [0.3, 0.4) is 0 Å². The number of hydrogen-bond donors (Lipinski definition) is 1. The van der Waals surface area contributed by atoms with Gasteiger partial charge in [-0.3, -0.25) is 9.59 Å². The molecular formula is C23H26N4O2S2. The van der Waals surface area contributed by atoms with Crippen LogP contribution in [-0.2, 0) is 11.2 Å². The number of anilines is 1. The quantitative estimate of drug-likeness (QED) is 0.366. The summed E-state index contributed by atoms with van der Waals surface area (Å²) in [5.41, 5.74) is 1.07. The highest BCUT2D eigenvalue weighted by Crippen LogP contribution is 2.33. The van der Waals surface area contributed by atoms with E-state index in [1.165, 1.54) is 42.8 Å². The van der Waals surface area contributed by atoms with Crippen LogP contribution in [0.1, 0.15) is 66.1 Å². The van der Waals surface area contributed by atoms with Gasteiger partial charge in [-0.15, -0.1) is 21.5 Å². The third-order valence-electron chi connectivity index (χ3n) is 5.50. The maximum Gasteiger partial charge on any atom is 0.234 e. The molecule has 6 nitrogen and oxygen atoms in total. The second kappa shape index (κ2) is 10.2. The first kappa shape index (κ1) is 21.8. The third kappa shape index (κ3) is 5.43. The Hall–Kier alpha value is -2.45. The van der Waals surface area contributed by atoms with Gasteiger partial charge in [0, 0.05) is 22.9 Å². The van der Waals surface area contributed by atoms with E-state index >= 15 is 0 Å². The number of nitrogens with zero attached hydrogens (tertiary/aromatic N) is 3. The summed E-state index contributed by atoms with van der Waals surface area (Å²) in [6, 6.07) is 11.7. The van der Waals surface area contributed by atoms with E-state index in [-0.39, 0.29) is 17.4 Å². The Morgan fingerprint density at radius 2 is 1.94 bits per heavy atom. The lowest BCUT2D eigenvalue weighted by atomic mass is 9.95. The molecule has 2 heterocycles. The van der Waals surface area contributed by atoms with Crippen molar-refractivity contribution < 1.29 is 9.59 Å².